The third-order valence-electron chi connectivity index (χ3n) is 2.45. The molecule has 1 heterocycles. The Morgan fingerprint density at radius 1 is 1.13 bits per heavy atom. The Hall–Kier alpha value is -0.710. The molecule has 0 aromatic carbocycles. The lowest BCUT2D eigenvalue weighted by atomic mass is 10.1. The van der Waals surface area contributed by atoms with Crippen molar-refractivity contribution in [3.8, 4) is 0 Å². The summed E-state index contributed by atoms with van der Waals surface area (Å²) in [5, 5.41) is 5.54. The van der Waals surface area contributed by atoms with Gasteiger partial charge in [-0.25, -0.2) is 0 Å². The molecule has 5 heteroatoms. The number of rotatable bonds is 5. The second kappa shape index (κ2) is 6.00. The summed E-state index contributed by atoms with van der Waals surface area (Å²) in [7, 11) is 0. The van der Waals surface area contributed by atoms with Crippen molar-refractivity contribution in [2.45, 2.75) is 38.3 Å². The Morgan fingerprint density at radius 3 is 2.13 bits per heavy atom. The van der Waals surface area contributed by atoms with Crippen molar-refractivity contribution in [3.05, 3.63) is 0 Å². The summed E-state index contributed by atoms with van der Waals surface area (Å²) >= 11 is 1.68. The molecule has 0 aromatic rings. The highest BCUT2D eigenvalue weighted by atomic mass is 32.2. The predicted molar refractivity (Wildman–Crippen MR) is 61.8 cm³/mol. The zero-order valence-corrected chi connectivity index (χ0v) is 10.0. The van der Waals surface area contributed by atoms with Crippen LogP contribution in [0.3, 0.4) is 0 Å². The summed E-state index contributed by atoms with van der Waals surface area (Å²) in [4.78, 5) is 23.2. The highest BCUT2D eigenvalue weighted by Crippen LogP contribution is 2.08. The maximum absolute atomic E-state index is 11.6. The first-order valence-electron chi connectivity index (χ1n) is 5.28. The van der Waals surface area contributed by atoms with E-state index in [1.807, 2.05) is 13.2 Å². The summed E-state index contributed by atoms with van der Waals surface area (Å²) in [5.41, 5.74) is 0. The average Bonchev–Trinajstić information content (AvgIpc) is 2.21. The maximum Gasteiger partial charge on any atom is 0.243 e. The molecule has 0 bridgehead atoms. The van der Waals surface area contributed by atoms with Gasteiger partial charge in [0, 0.05) is 0 Å². The average molecular weight is 230 g/mol. The Bertz CT molecular complexity index is 246. The van der Waals surface area contributed by atoms with Gasteiger partial charge in [0.25, 0.3) is 0 Å². The normalized spacial score (nSPS) is 26.0. The summed E-state index contributed by atoms with van der Waals surface area (Å²) in [6, 6.07) is -0.661. The molecule has 2 amide bonds. The molecule has 0 radical (unpaired) electrons. The van der Waals surface area contributed by atoms with Crippen molar-refractivity contribution in [2.24, 2.45) is 0 Å². The van der Waals surface area contributed by atoms with Crippen LogP contribution >= 0.6 is 11.8 Å². The first kappa shape index (κ1) is 12.4. The molecule has 0 aromatic heterocycles. The smallest absolute Gasteiger partial charge is 0.243 e. The molecule has 1 saturated heterocycles. The summed E-state index contributed by atoms with van der Waals surface area (Å²) in [5.74, 6) is 0.807. The maximum atomic E-state index is 11.6. The first-order chi connectivity index (χ1) is 7.19. The topological polar surface area (TPSA) is 58.2 Å². The number of amides is 2. The molecule has 4 nitrogen and oxygen atoms in total. The molecule has 1 aliphatic rings. The van der Waals surface area contributed by atoms with E-state index in [9.17, 15) is 9.59 Å². The number of hydrogen-bond donors (Lipinski definition) is 2. The van der Waals surface area contributed by atoms with E-state index in [2.05, 4.69) is 10.6 Å². The van der Waals surface area contributed by atoms with Crippen LogP contribution in [-0.2, 0) is 9.59 Å². The number of piperazine rings is 1. The molecular weight excluding hydrogens is 212 g/mol. The number of carbonyl (C=O) groups excluding carboxylic acids is 2. The summed E-state index contributed by atoms with van der Waals surface area (Å²) in [6.07, 6.45) is 4.31. The van der Waals surface area contributed by atoms with E-state index in [4.69, 9.17) is 0 Å². The largest absolute Gasteiger partial charge is 0.343 e. The highest BCUT2D eigenvalue weighted by molar-refractivity contribution is 7.98. The van der Waals surface area contributed by atoms with Crippen molar-refractivity contribution in [1.82, 2.24) is 10.6 Å². The number of nitrogens with one attached hydrogen (secondary N) is 2. The predicted octanol–water partition coefficient (Wildman–Crippen LogP) is 0.523. The molecule has 1 fully saturated rings. The van der Waals surface area contributed by atoms with Crippen molar-refractivity contribution < 1.29 is 9.59 Å². The molecule has 86 valence electrons. The standard InChI is InChI=1S/C10H18N2O2S/c1-3-4-7-9(13)12-8(5-6-15-2)10(14)11-7/h7-8H,3-6H2,1-2H3,(H,11,14)(H,12,13). The van der Waals surface area contributed by atoms with Gasteiger partial charge in [-0.15, -0.1) is 0 Å². The molecular formula is C10H18N2O2S. The fourth-order valence-corrected chi connectivity index (χ4v) is 2.08. The van der Waals surface area contributed by atoms with Crippen LogP contribution in [-0.4, -0.2) is 35.9 Å². The Kier molecular flexibility index (Phi) is 4.94. The second-order valence-electron chi connectivity index (χ2n) is 3.69. The zero-order chi connectivity index (χ0) is 11.3. The lowest BCUT2D eigenvalue weighted by Crippen LogP contribution is -2.61. The Labute approximate surface area is 94.6 Å². The zero-order valence-electron chi connectivity index (χ0n) is 9.21. The highest BCUT2D eigenvalue weighted by Gasteiger charge is 2.32. The van der Waals surface area contributed by atoms with Gasteiger partial charge in [0.2, 0.25) is 11.8 Å². The minimum absolute atomic E-state index is 0.0393. The number of hydrogen-bond acceptors (Lipinski definition) is 3. The lowest BCUT2D eigenvalue weighted by molar-refractivity contribution is -0.137. The summed E-state index contributed by atoms with van der Waals surface area (Å²) < 4.78 is 0. The van der Waals surface area contributed by atoms with Gasteiger partial charge >= 0.3 is 0 Å². The molecule has 1 rings (SSSR count). The van der Waals surface area contributed by atoms with Gasteiger partial charge in [-0.2, -0.15) is 11.8 Å². The van der Waals surface area contributed by atoms with Gasteiger partial charge < -0.3 is 10.6 Å². The van der Waals surface area contributed by atoms with E-state index >= 15 is 0 Å². The van der Waals surface area contributed by atoms with Gasteiger partial charge in [-0.1, -0.05) is 13.3 Å². The number of thioether (sulfide) groups is 1. The van der Waals surface area contributed by atoms with Crippen LogP contribution in [0.25, 0.3) is 0 Å². The Morgan fingerprint density at radius 2 is 1.67 bits per heavy atom. The minimum atomic E-state index is -0.335. The molecule has 2 N–H and O–H groups in total. The van der Waals surface area contributed by atoms with Crippen molar-refractivity contribution in [2.75, 3.05) is 12.0 Å². The first-order valence-corrected chi connectivity index (χ1v) is 6.68. The third kappa shape index (κ3) is 3.41. The van der Waals surface area contributed by atoms with Crippen LogP contribution in [0, 0.1) is 0 Å². The second-order valence-corrected chi connectivity index (χ2v) is 4.68. The van der Waals surface area contributed by atoms with Crippen molar-refractivity contribution >= 4 is 23.6 Å². The van der Waals surface area contributed by atoms with Gasteiger partial charge in [-0.05, 0) is 24.9 Å². The summed E-state index contributed by atoms with van der Waals surface area (Å²) in [6.45, 7) is 2.00. The molecule has 1 aliphatic heterocycles. The fourth-order valence-electron chi connectivity index (χ4n) is 1.61. The van der Waals surface area contributed by atoms with Gasteiger partial charge in [0.15, 0.2) is 0 Å². The monoisotopic (exact) mass is 230 g/mol. The van der Waals surface area contributed by atoms with Crippen LogP contribution in [0.15, 0.2) is 0 Å². The van der Waals surface area contributed by atoms with E-state index in [1.165, 1.54) is 0 Å². The van der Waals surface area contributed by atoms with Crippen LogP contribution in [0.1, 0.15) is 26.2 Å². The van der Waals surface area contributed by atoms with E-state index in [0.717, 1.165) is 12.2 Å². The van der Waals surface area contributed by atoms with Gasteiger partial charge in [0.1, 0.15) is 12.1 Å². The molecule has 2 unspecified atom stereocenters. The minimum Gasteiger partial charge on any atom is -0.343 e. The number of carbonyl (C=O) groups is 2. The van der Waals surface area contributed by atoms with E-state index in [1.54, 1.807) is 11.8 Å². The molecule has 15 heavy (non-hydrogen) atoms. The van der Waals surface area contributed by atoms with E-state index in [-0.39, 0.29) is 23.9 Å². The fraction of sp³-hybridized carbons (Fsp3) is 0.800. The van der Waals surface area contributed by atoms with Crippen LogP contribution in [0.2, 0.25) is 0 Å². The SMILES string of the molecule is CCCC1NC(=O)C(CCSC)NC1=O. The van der Waals surface area contributed by atoms with Crippen LogP contribution in [0.4, 0.5) is 0 Å². The van der Waals surface area contributed by atoms with Crippen molar-refractivity contribution in [1.29, 1.82) is 0 Å². The quantitative estimate of drug-likeness (QED) is 0.724. The van der Waals surface area contributed by atoms with Crippen LogP contribution < -0.4 is 10.6 Å². The van der Waals surface area contributed by atoms with E-state index in [0.29, 0.717) is 12.8 Å². The molecule has 0 aliphatic carbocycles. The third-order valence-corrected chi connectivity index (χ3v) is 3.10. The van der Waals surface area contributed by atoms with Gasteiger partial charge in [-0.3, -0.25) is 9.59 Å². The van der Waals surface area contributed by atoms with E-state index < -0.39 is 0 Å². The molecule has 0 spiro atoms. The molecule has 2 atom stereocenters. The Balaban J connectivity index is 2.47. The van der Waals surface area contributed by atoms with Crippen molar-refractivity contribution in [3.63, 3.8) is 0 Å². The lowest BCUT2D eigenvalue weighted by Gasteiger charge is -2.29. The van der Waals surface area contributed by atoms with Gasteiger partial charge in [0.05, 0.1) is 0 Å². The van der Waals surface area contributed by atoms with Crippen LogP contribution in [0.5, 0.6) is 0 Å². The molecule has 0 saturated carbocycles.